The molecule has 0 fully saturated rings. The zero-order valence-corrected chi connectivity index (χ0v) is 12.3. The van der Waals surface area contributed by atoms with Crippen LogP contribution in [-0.4, -0.2) is 24.2 Å². The van der Waals surface area contributed by atoms with Crippen molar-refractivity contribution in [2.75, 3.05) is 5.32 Å². The van der Waals surface area contributed by atoms with Crippen LogP contribution in [0.5, 0.6) is 11.5 Å². The van der Waals surface area contributed by atoms with Crippen LogP contribution in [-0.2, 0) is 9.59 Å². The van der Waals surface area contributed by atoms with E-state index in [9.17, 15) is 18.4 Å². The maximum atomic E-state index is 12.9. The molecular weight excluding hydrogens is 298 g/mol. The van der Waals surface area contributed by atoms with Crippen molar-refractivity contribution in [2.45, 2.75) is 33.1 Å². The van der Waals surface area contributed by atoms with E-state index in [4.69, 9.17) is 0 Å². The summed E-state index contributed by atoms with van der Waals surface area (Å²) >= 11 is 0. The van der Waals surface area contributed by atoms with Gasteiger partial charge in [-0.25, -0.2) is 0 Å². The molecular formula is C14H16F2N2O4. The number of halogens is 2. The number of amides is 2. The standard InChI is InChI=1S/C14H16F2N2O4/c1-7(2)12(17-8(3)19)13(20)18-9-4-5-10-11(6-9)22-14(15,16)21-10/h4-7,12H,1-3H3,(H,17,19)(H,18,20). The Balaban J connectivity index is 2.11. The van der Waals surface area contributed by atoms with Crippen molar-refractivity contribution in [2.24, 2.45) is 5.92 Å². The van der Waals surface area contributed by atoms with Gasteiger partial charge in [0.1, 0.15) is 6.04 Å². The Kier molecular flexibility index (Phi) is 4.20. The van der Waals surface area contributed by atoms with Gasteiger partial charge in [0.2, 0.25) is 11.8 Å². The molecule has 1 heterocycles. The van der Waals surface area contributed by atoms with E-state index in [0.717, 1.165) is 0 Å². The molecule has 1 atom stereocenters. The lowest BCUT2D eigenvalue weighted by Crippen LogP contribution is -2.46. The zero-order valence-electron chi connectivity index (χ0n) is 12.3. The van der Waals surface area contributed by atoms with Crippen molar-refractivity contribution in [1.82, 2.24) is 5.32 Å². The van der Waals surface area contributed by atoms with E-state index in [1.807, 2.05) is 0 Å². The normalized spacial score (nSPS) is 16.3. The van der Waals surface area contributed by atoms with Gasteiger partial charge in [-0.3, -0.25) is 9.59 Å². The van der Waals surface area contributed by atoms with Gasteiger partial charge in [0.15, 0.2) is 11.5 Å². The van der Waals surface area contributed by atoms with E-state index in [1.165, 1.54) is 25.1 Å². The van der Waals surface area contributed by atoms with E-state index >= 15 is 0 Å². The van der Waals surface area contributed by atoms with Gasteiger partial charge in [-0.2, -0.15) is 0 Å². The highest BCUT2D eigenvalue weighted by Gasteiger charge is 2.43. The second kappa shape index (κ2) is 5.78. The van der Waals surface area contributed by atoms with Crippen molar-refractivity contribution in [3.8, 4) is 11.5 Å². The third kappa shape index (κ3) is 3.63. The van der Waals surface area contributed by atoms with Crippen LogP contribution < -0.4 is 20.1 Å². The summed E-state index contributed by atoms with van der Waals surface area (Å²) in [7, 11) is 0. The Labute approximate surface area is 125 Å². The number of hydrogen-bond donors (Lipinski definition) is 2. The first-order valence-electron chi connectivity index (χ1n) is 6.66. The average Bonchev–Trinajstić information content (AvgIpc) is 2.68. The van der Waals surface area contributed by atoms with Gasteiger partial charge in [0.25, 0.3) is 0 Å². The molecule has 1 aliphatic rings. The Bertz CT molecular complexity index is 605. The number of rotatable bonds is 4. The summed E-state index contributed by atoms with van der Waals surface area (Å²) in [5.74, 6) is -1.19. The summed E-state index contributed by atoms with van der Waals surface area (Å²) in [6, 6.07) is 3.19. The fourth-order valence-corrected chi connectivity index (χ4v) is 2.00. The number of hydrogen-bond acceptors (Lipinski definition) is 4. The van der Waals surface area contributed by atoms with Crippen LogP contribution in [0.4, 0.5) is 14.5 Å². The summed E-state index contributed by atoms with van der Waals surface area (Å²) in [6.45, 7) is 4.87. The predicted molar refractivity (Wildman–Crippen MR) is 73.7 cm³/mol. The monoisotopic (exact) mass is 314 g/mol. The summed E-state index contributed by atoms with van der Waals surface area (Å²) in [5.41, 5.74) is 0.265. The van der Waals surface area contributed by atoms with Gasteiger partial charge >= 0.3 is 6.29 Å². The maximum Gasteiger partial charge on any atom is 0.586 e. The molecule has 6 nitrogen and oxygen atoms in total. The lowest BCUT2D eigenvalue weighted by atomic mass is 10.0. The summed E-state index contributed by atoms with van der Waals surface area (Å²) in [5, 5.41) is 5.09. The molecule has 2 rings (SSSR count). The minimum atomic E-state index is -3.71. The number of carbonyl (C=O) groups excluding carboxylic acids is 2. The Morgan fingerprint density at radius 1 is 1.18 bits per heavy atom. The molecule has 0 saturated heterocycles. The number of ether oxygens (including phenoxy) is 2. The van der Waals surface area contributed by atoms with Crippen LogP contribution in [0.3, 0.4) is 0 Å². The van der Waals surface area contributed by atoms with Gasteiger partial charge < -0.3 is 20.1 Å². The van der Waals surface area contributed by atoms with Crippen LogP contribution >= 0.6 is 0 Å². The molecule has 1 unspecified atom stereocenters. The molecule has 120 valence electrons. The van der Waals surface area contributed by atoms with Gasteiger partial charge in [-0.1, -0.05) is 13.8 Å². The number of carbonyl (C=O) groups is 2. The molecule has 0 aromatic heterocycles. The summed E-state index contributed by atoms with van der Waals surface area (Å²) < 4.78 is 34.4. The van der Waals surface area contributed by atoms with Crippen LogP contribution in [0, 0.1) is 5.92 Å². The minimum Gasteiger partial charge on any atom is -0.395 e. The minimum absolute atomic E-state index is 0.106. The van der Waals surface area contributed by atoms with Gasteiger partial charge in [-0.05, 0) is 18.1 Å². The maximum absolute atomic E-state index is 12.9. The van der Waals surface area contributed by atoms with Gasteiger partial charge in [0.05, 0.1) is 0 Å². The van der Waals surface area contributed by atoms with Crippen molar-refractivity contribution < 1.29 is 27.8 Å². The Morgan fingerprint density at radius 3 is 2.41 bits per heavy atom. The predicted octanol–water partition coefficient (Wildman–Crippen LogP) is 2.11. The molecule has 0 spiro atoms. The second-order valence-electron chi connectivity index (χ2n) is 5.24. The molecule has 0 aliphatic carbocycles. The first kappa shape index (κ1) is 16.0. The second-order valence-corrected chi connectivity index (χ2v) is 5.24. The Morgan fingerprint density at radius 2 is 1.82 bits per heavy atom. The molecule has 1 aliphatic heterocycles. The van der Waals surface area contributed by atoms with Gasteiger partial charge in [0, 0.05) is 18.7 Å². The fraction of sp³-hybridized carbons (Fsp3) is 0.429. The van der Waals surface area contributed by atoms with Crippen LogP contribution in [0.2, 0.25) is 0 Å². The van der Waals surface area contributed by atoms with Crippen LogP contribution in [0.15, 0.2) is 18.2 Å². The van der Waals surface area contributed by atoms with E-state index in [2.05, 4.69) is 20.1 Å². The highest BCUT2D eigenvalue weighted by molar-refractivity contribution is 5.97. The summed E-state index contributed by atoms with van der Waals surface area (Å²) in [6.07, 6.45) is -3.71. The highest BCUT2D eigenvalue weighted by atomic mass is 19.3. The number of fused-ring (bicyclic) bond motifs is 1. The van der Waals surface area contributed by atoms with Crippen LogP contribution in [0.1, 0.15) is 20.8 Å². The van der Waals surface area contributed by atoms with E-state index in [1.54, 1.807) is 13.8 Å². The quantitative estimate of drug-likeness (QED) is 0.892. The topological polar surface area (TPSA) is 76.7 Å². The van der Waals surface area contributed by atoms with E-state index < -0.39 is 18.2 Å². The average molecular weight is 314 g/mol. The van der Waals surface area contributed by atoms with E-state index in [-0.39, 0.29) is 29.0 Å². The van der Waals surface area contributed by atoms with Crippen molar-refractivity contribution in [3.05, 3.63) is 18.2 Å². The molecule has 1 aromatic rings. The lowest BCUT2D eigenvalue weighted by molar-refractivity contribution is -0.286. The largest absolute Gasteiger partial charge is 0.586 e. The third-order valence-electron chi connectivity index (χ3n) is 2.98. The zero-order chi connectivity index (χ0) is 16.5. The SMILES string of the molecule is CC(=O)NC(C(=O)Nc1ccc2c(c1)OC(F)(F)O2)C(C)C. The van der Waals surface area contributed by atoms with Crippen molar-refractivity contribution in [1.29, 1.82) is 0 Å². The number of nitrogens with one attached hydrogen (secondary N) is 2. The fourth-order valence-electron chi connectivity index (χ4n) is 2.00. The Hall–Kier alpha value is -2.38. The van der Waals surface area contributed by atoms with E-state index in [0.29, 0.717) is 0 Å². The van der Waals surface area contributed by atoms with Crippen molar-refractivity contribution in [3.63, 3.8) is 0 Å². The molecule has 2 N–H and O–H groups in total. The smallest absolute Gasteiger partial charge is 0.395 e. The third-order valence-corrected chi connectivity index (χ3v) is 2.98. The number of benzene rings is 1. The molecule has 0 saturated carbocycles. The molecule has 22 heavy (non-hydrogen) atoms. The summed E-state index contributed by atoms with van der Waals surface area (Å²) in [4.78, 5) is 23.3. The number of anilines is 1. The molecule has 1 aromatic carbocycles. The molecule has 8 heteroatoms. The van der Waals surface area contributed by atoms with Crippen LogP contribution in [0.25, 0.3) is 0 Å². The van der Waals surface area contributed by atoms with Crippen molar-refractivity contribution >= 4 is 17.5 Å². The van der Waals surface area contributed by atoms with Gasteiger partial charge in [-0.15, -0.1) is 8.78 Å². The molecule has 0 bridgehead atoms. The number of alkyl halides is 2. The lowest BCUT2D eigenvalue weighted by Gasteiger charge is -2.20. The first-order chi connectivity index (χ1) is 10.2. The first-order valence-corrected chi connectivity index (χ1v) is 6.66. The molecule has 0 radical (unpaired) electrons. The molecule has 2 amide bonds. The highest BCUT2D eigenvalue weighted by Crippen LogP contribution is 2.42.